The summed E-state index contributed by atoms with van der Waals surface area (Å²) in [6, 6.07) is 4.74. The lowest BCUT2D eigenvalue weighted by molar-refractivity contribution is 0.476. The van der Waals surface area contributed by atoms with Gasteiger partial charge < -0.3 is 15.8 Å². The Morgan fingerprint density at radius 2 is 2.27 bits per heavy atom. The number of phenols is 1. The molecule has 2 rings (SSSR count). The van der Waals surface area contributed by atoms with E-state index in [-0.39, 0.29) is 5.75 Å². The summed E-state index contributed by atoms with van der Waals surface area (Å²) in [5.41, 5.74) is 6.26. The van der Waals surface area contributed by atoms with Gasteiger partial charge in [-0.2, -0.15) is 4.98 Å². The van der Waals surface area contributed by atoms with E-state index in [1.165, 1.54) is 6.07 Å². The van der Waals surface area contributed by atoms with E-state index in [0.717, 1.165) is 11.1 Å². The quantitative estimate of drug-likeness (QED) is 0.649. The lowest BCUT2D eigenvalue weighted by Crippen LogP contribution is -2.15. The number of nitrogens with zero attached hydrogens (tertiary/aromatic N) is 1. The zero-order valence-electron chi connectivity index (χ0n) is 8.03. The molecule has 15 heavy (non-hydrogen) atoms. The molecule has 0 unspecified atom stereocenters. The van der Waals surface area contributed by atoms with Crippen molar-refractivity contribution in [3.63, 3.8) is 0 Å². The molecule has 5 heteroatoms. The molecule has 78 valence electrons. The normalized spacial score (nSPS) is 10.7. The second-order valence-corrected chi connectivity index (χ2v) is 3.26. The predicted molar refractivity (Wildman–Crippen MR) is 56.8 cm³/mol. The van der Waals surface area contributed by atoms with Crippen LogP contribution in [0.25, 0.3) is 10.9 Å². The van der Waals surface area contributed by atoms with E-state index in [9.17, 15) is 9.90 Å². The molecule has 2 aromatic rings. The van der Waals surface area contributed by atoms with Gasteiger partial charge >= 0.3 is 5.69 Å². The number of nitrogens with two attached hydrogens (primary N) is 1. The van der Waals surface area contributed by atoms with E-state index >= 15 is 0 Å². The minimum atomic E-state index is -0.420. The van der Waals surface area contributed by atoms with Crippen LogP contribution in [0.3, 0.4) is 0 Å². The molecule has 0 bridgehead atoms. The number of aromatic nitrogens is 2. The number of benzene rings is 1. The van der Waals surface area contributed by atoms with Crippen LogP contribution in [-0.2, 0) is 6.42 Å². The van der Waals surface area contributed by atoms with Crippen LogP contribution in [0.5, 0.6) is 5.75 Å². The largest absolute Gasteiger partial charge is 0.508 e. The molecule has 0 radical (unpaired) electrons. The fraction of sp³-hybridized carbons (Fsp3) is 0.200. The molecule has 0 aliphatic carbocycles. The summed E-state index contributed by atoms with van der Waals surface area (Å²) >= 11 is 0. The monoisotopic (exact) mass is 205 g/mol. The summed E-state index contributed by atoms with van der Waals surface area (Å²) in [6.07, 6.45) is 0.582. The standard InChI is InChI=1S/C10H11N3O2/c11-4-3-8-7-2-1-6(14)5-9(7)13-10(15)12-8/h1-2,5,14H,3-4,11H2,(H,12,13,15). The number of phenolic OH excluding ortho intramolecular Hbond substituents is 1. The molecule has 1 aromatic carbocycles. The fourth-order valence-corrected chi connectivity index (χ4v) is 1.54. The Labute approximate surface area is 85.6 Å². The Kier molecular flexibility index (Phi) is 2.39. The summed E-state index contributed by atoms with van der Waals surface area (Å²) in [7, 11) is 0. The Bertz CT molecular complexity index is 548. The lowest BCUT2D eigenvalue weighted by atomic mass is 10.1. The zero-order valence-corrected chi connectivity index (χ0v) is 8.03. The smallest absolute Gasteiger partial charge is 0.345 e. The van der Waals surface area contributed by atoms with Crippen LogP contribution in [0.4, 0.5) is 0 Å². The third-order valence-corrected chi connectivity index (χ3v) is 2.18. The number of hydrogen-bond donors (Lipinski definition) is 3. The van der Waals surface area contributed by atoms with Crippen molar-refractivity contribution in [3.8, 4) is 5.75 Å². The molecule has 0 fully saturated rings. The van der Waals surface area contributed by atoms with E-state index in [1.54, 1.807) is 12.1 Å². The van der Waals surface area contributed by atoms with Crippen LogP contribution in [0, 0.1) is 0 Å². The molecule has 0 aliphatic rings. The number of fused-ring (bicyclic) bond motifs is 1. The maximum absolute atomic E-state index is 11.2. The Morgan fingerprint density at radius 3 is 3.00 bits per heavy atom. The molecule has 0 amide bonds. The van der Waals surface area contributed by atoms with Crippen LogP contribution >= 0.6 is 0 Å². The molecular weight excluding hydrogens is 194 g/mol. The first-order valence-corrected chi connectivity index (χ1v) is 4.62. The van der Waals surface area contributed by atoms with E-state index in [4.69, 9.17) is 5.73 Å². The Balaban J connectivity index is 2.74. The topological polar surface area (TPSA) is 92.0 Å². The molecule has 0 saturated carbocycles. The number of hydrogen-bond acceptors (Lipinski definition) is 4. The van der Waals surface area contributed by atoms with Crippen molar-refractivity contribution in [3.05, 3.63) is 34.4 Å². The van der Waals surface area contributed by atoms with Crippen LogP contribution in [0.15, 0.2) is 23.0 Å². The molecule has 0 spiro atoms. The summed E-state index contributed by atoms with van der Waals surface area (Å²) in [5.74, 6) is 0.0966. The summed E-state index contributed by atoms with van der Waals surface area (Å²) in [6.45, 7) is 0.454. The number of nitrogens with one attached hydrogen (secondary N) is 1. The number of aromatic hydroxyl groups is 1. The van der Waals surface area contributed by atoms with Gasteiger partial charge in [0.25, 0.3) is 0 Å². The maximum atomic E-state index is 11.2. The first-order chi connectivity index (χ1) is 7.20. The Hall–Kier alpha value is -1.88. The van der Waals surface area contributed by atoms with Gasteiger partial charge in [-0.25, -0.2) is 4.79 Å². The highest BCUT2D eigenvalue weighted by atomic mass is 16.3. The van der Waals surface area contributed by atoms with Gasteiger partial charge in [0.1, 0.15) is 5.75 Å². The van der Waals surface area contributed by atoms with Crippen molar-refractivity contribution in [2.24, 2.45) is 5.73 Å². The van der Waals surface area contributed by atoms with E-state index in [0.29, 0.717) is 18.5 Å². The molecule has 4 N–H and O–H groups in total. The average Bonchev–Trinajstić information content (AvgIpc) is 2.17. The van der Waals surface area contributed by atoms with Gasteiger partial charge in [0.2, 0.25) is 0 Å². The number of H-pyrrole nitrogens is 1. The van der Waals surface area contributed by atoms with Crippen molar-refractivity contribution in [1.82, 2.24) is 9.97 Å². The number of aromatic amines is 1. The van der Waals surface area contributed by atoms with Gasteiger partial charge in [0.15, 0.2) is 0 Å². The second kappa shape index (κ2) is 3.70. The minimum absolute atomic E-state index is 0.0966. The van der Waals surface area contributed by atoms with E-state index in [2.05, 4.69) is 9.97 Å². The molecule has 1 heterocycles. The van der Waals surface area contributed by atoms with Crippen molar-refractivity contribution in [2.75, 3.05) is 6.54 Å². The third-order valence-electron chi connectivity index (χ3n) is 2.18. The highest BCUT2D eigenvalue weighted by molar-refractivity contribution is 5.81. The maximum Gasteiger partial charge on any atom is 0.345 e. The zero-order chi connectivity index (χ0) is 10.8. The lowest BCUT2D eigenvalue weighted by Gasteiger charge is -2.04. The minimum Gasteiger partial charge on any atom is -0.508 e. The predicted octanol–water partition coefficient (Wildman–Crippen LogP) is 0.130. The fourth-order valence-electron chi connectivity index (χ4n) is 1.54. The summed E-state index contributed by atoms with van der Waals surface area (Å²) in [4.78, 5) is 17.6. The summed E-state index contributed by atoms with van der Waals surface area (Å²) < 4.78 is 0. The Morgan fingerprint density at radius 1 is 1.47 bits per heavy atom. The van der Waals surface area contributed by atoms with Gasteiger partial charge in [-0.15, -0.1) is 0 Å². The van der Waals surface area contributed by atoms with Gasteiger partial charge in [0, 0.05) is 23.6 Å². The molecule has 0 aliphatic heterocycles. The van der Waals surface area contributed by atoms with Crippen molar-refractivity contribution in [1.29, 1.82) is 0 Å². The van der Waals surface area contributed by atoms with Gasteiger partial charge in [-0.3, -0.25) is 0 Å². The molecule has 5 nitrogen and oxygen atoms in total. The van der Waals surface area contributed by atoms with E-state index in [1.807, 2.05) is 0 Å². The molecule has 0 atom stereocenters. The highest BCUT2D eigenvalue weighted by Gasteiger charge is 2.04. The van der Waals surface area contributed by atoms with Crippen LogP contribution in [-0.4, -0.2) is 21.6 Å². The van der Waals surface area contributed by atoms with Crippen LogP contribution < -0.4 is 11.4 Å². The summed E-state index contributed by atoms with van der Waals surface area (Å²) in [5, 5.41) is 10.1. The van der Waals surface area contributed by atoms with Gasteiger partial charge in [-0.05, 0) is 18.7 Å². The first-order valence-electron chi connectivity index (χ1n) is 4.62. The first kappa shape index (κ1) is 9.67. The molecule has 1 aromatic heterocycles. The van der Waals surface area contributed by atoms with Gasteiger partial charge in [0.05, 0.1) is 5.52 Å². The molecular formula is C10H11N3O2. The van der Waals surface area contributed by atoms with Crippen molar-refractivity contribution < 1.29 is 5.11 Å². The SMILES string of the molecule is NCCc1[nH]c(=O)nc2cc(O)ccc12. The molecule has 0 saturated heterocycles. The van der Waals surface area contributed by atoms with Crippen LogP contribution in [0.1, 0.15) is 5.69 Å². The van der Waals surface area contributed by atoms with E-state index < -0.39 is 5.69 Å². The van der Waals surface area contributed by atoms with Crippen molar-refractivity contribution in [2.45, 2.75) is 6.42 Å². The van der Waals surface area contributed by atoms with Crippen molar-refractivity contribution >= 4 is 10.9 Å². The van der Waals surface area contributed by atoms with Crippen LogP contribution in [0.2, 0.25) is 0 Å². The highest BCUT2D eigenvalue weighted by Crippen LogP contribution is 2.18. The average molecular weight is 205 g/mol. The number of rotatable bonds is 2. The second-order valence-electron chi connectivity index (χ2n) is 3.26. The van der Waals surface area contributed by atoms with Gasteiger partial charge in [-0.1, -0.05) is 0 Å². The third kappa shape index (κ3) is 1.82.